The Balaban J connectivity index is 2.17. The van der Waals surface area contributed by atoms with E-state index in [1.165, 1.54) is 0 Å². The molecule has 2 aliphatic heterocycles. The van der Waals surface area contributed by atoms with Crippen LogP contribution in [0, 0.1) is 11.8 Å². The van der Waals surface area contributed by atoms with Gasteiger partial charge in [-0.25, -0.2) is 0 Å². The monoisotopic (exact) mass is 464 g/mol. The van der Waals surface area contributed by atoms with Gasteiger partial charge in [0.05, 0.1) is 42.9 Å². The van der Waals surface area contributed by atoms with Crippen molar-refractivity contribution in [2.45, 2.75) is 54.6 Å². The summed E-state index contributed by atoms with van der Waals surface area (Å²) in [5.41, 5.74) is -0.133. The Morgan fingerprint density at radius 3 is 2.77 bits per heavy atom. The first-order valence-corrected chi connectivity index (χ1v) is 11.8. The van der Waals surface area contributed by atoms with Crippen molar-refractivity contribution in [3.63, 3.8) is 0 Å². The Hall–Kier alpha value is -0.650. The number of allylic oxidation sites excluding steroid dienone is 2. The summed E-state index contributed by atoms with van der Waals surface area (Å²) in [6.45, 7) is 5.76. The average molecular weight is 465 g/mol. The van der Waals surface area contributed by atoms with E-state index >= 15 is 0 Å². The molecule has 172 valence electrons. The number of hydrogen-bond acceptors (Lipinski definition) is 8. The fourth-order valence-corrected chi connectivity index (χ4v) is 4.86. The van der Waals surface area contributed by atoms with Crippen molar-refractivity contribution in [3.8, 4) is 0 Å². The molecule has 0 saturated carbocycles. The van der Waals surface area contributed by atoms with Gasteiger partial charge in [-0.05, 0) is 25.2 Å². The zero-order valence-corrected chi connectivity index (χ0v) is 18.9. The number of hydrogen-bond donors (Lipinski definition) is 6. The van der Waals surface area contributed by atoms with Gasteiger partial charge in [-0.2, -0.15) is 0 Å². The summed E-state index contributed by atoms with van der Waals surface area (Å²) >= 11 is 7.30. The predicted octanol–water partition coefficient (Wildman–Crippen LogP) is -0.400. The molecule has 10 heteroatoms. The van der Waals surface area contributed by atoms with Gasteiger partial charge in [0.25, 0.3) is 0 Å². The van der Waals surface area contributed by atoms with E-state index in [9.17, 15) is 25.2 Å². The molecule has 0 radical (unpaired) electrons. The van der Waals surface area contributed by atoms with Gasteiger partial charge in [-0.1, -0.05) is 18.7 Å². The number of aliphatic hydroxyl groups excluding tert-OH is 4. The largest absolute Gasteiger partial charge is 0.394 e. The van der Waals surface area contributed by atoms with Crippen LogP contribution in [0.4, 0.5) is 0 Å². The van der Waals surface area contributed by atoms with Crippen molar-refractivity contribution in [1.29, 1.82) is 0 Å². The number of ether oxygens (including phenoxy) is 1. The first kappa shape index (κ1) is 25.6. The van der Waals surface area contributed by atoms with Crippen LogP contribution in [0.5, 0.6) is 0 Å². The highest BCUT2D eigenvalue weighted by Crippen LogP contribution is 2.30. The standard InChI is InChI=1S/C20H33ClN2O6S/c1-4-11-5-6-29-18-12(7-11)8-22-16(18)19(27)23-15(10(2)21)14(13(25)9-24)17(26)20(28)30-3/h4-5,10,12-18,20,22,24-26,28H,1,6-9H2,2-3H3,(H,23,27). The second-order valence-corrected chi connectivity index (χ2v) is 9.43. The molecule has 9 atom stereocenters. The van der Waals surface area contributed by atoms with Crippen molar-refractivity contribution in [1.82, 2.24) is 10.6 Å². The van der Waals surface area contributed by atoms with Crippen LogP contribution in [-0.4, -0.2) is 93.6 Å². The van der Waals surface area contributed by atoms with Crippen molar-refractivity contribution < 1.29 is 30.0 Å². The molecular weight excluding hydrogens is 432 g/mol. The lowest BCUT2D eigenvalue weighted by atomic mass is 9.86. The summed E-state index contributed by atoms with van der Waals surface area (Å²) in [5.74, 6) is -1.33. The normalized spacial score (nSPS) is 30.1. The molecule has 2 rings (SSSR count). The molecule has 2 aliphatic rings. The maximum atomic E-state index is 13.1. The van der Waals surface area contributed by atoms with Gasteiger partial charge in [0.2, 0.25) is 5.91 Å². The van der Waals surface area contributed by atoms with Gasteiger partial charge in [-0.15, -0.1) is 23.4 Å². The fraction of sp³-hybridized carbons (Fsp3) is 0.750. The van der Waals surface area contributed by atoms with E-state index < -0.39 is 47.6 Å². The van der Waals surface area contributed by atoms with Crippen LogP contribution in [0.2, 0.25) is 0 Å². The summed E-state index contributed by atoms with van der Waals surface area (Å²) in [6, 6.07) is -1.52. The van der Waals surface area contributed by atoms with E-state index in [2.05, 4.69) is 17.2 Å². The highest BCUT2D eigenvalue weighted by molar-refractivity contribution is 7.99. The molecule has 0 aliphatic carbocycles. The van der Waals surface area contributed by atoms with Crippen LogP contribution in [0.25, 0.3) is 0 Å². The van der Waals surface area contributed by atoms with E-state index in [1.54, 1.807) is 19.3 Å². The number of carbonyl (C=O) groups is 1. The number of thioether (sulfide) groups is 1. The summed E-state index contributed by atoms with van der Waals surface area (Å²) in [4.78, 5) is 13.1. The zero-order valence-electron chi connectivity index (χ0n) is 17.3. The van der Waals surface area contributed by atoms with Crippen LogP contribution in [-0.2, 0) is 9.53 Å². The molecule has 2 heterocycles. The molecule has 0 bridgehead atoms. The molecule has 1 amide bonds. The van der Waals surface area contributed by atoms with E-state index in [0.717, 1.165) is 23.8 Å². The molecule has 1 saturated heterocycles. The minimum absolute atomic E-state index is 0.113. The summed E-state index contributed by atoms with van der Waals surface area (Å²) in [5, 5.41) is 45.7. The minimum atomic E-state index is -1.41. The number of halogens is 1. The Bertz CT molecular complexity index is 622. The van der Waals surface area contributed by atoms with Gasteiger partial charge >= 0.3 is 0 Å². The SMILES string of the molecule is C=CC1=CCOC2C(CNC2C(=O)NC(C(C)Cl)C(C(O)CO)C(O)C(O)SC)C1. The predicted molar refractivity (Wildman–Crippen MR) is 117 cm³/mol. The third-order valence-corrected chi connectivity index (χ3v) is 6.88. The van der Waals surface area contributed by atoms with Gasteiger partial charge < -0.3 is 35.8 Å². The third kappa shape index (κ3) is 5.98. The molecule has 1 fully saturated rings. The van der Waals surface area contributed by atoms with Crippen LogP contribution < -0.4 is 10.6 Å². The van der Waals surface area contributed by atoms with Crippen molar-refractivity contribution in [2.75, 3.05) is 26.0 Å². The number of fused-ring (bicyclic) bond motifs is 1. The second-order valence-electron chi connectivity index (χ2n) is 7.79. The van der Waals surface area contributed by atoms with Gasteiger partial charge in [0, 0.05) is 18.4 Å². The lowest BCUT2D eigenvalue weighted by Crippen LogP contribution is -2.59. The van der Waals surface area contributed by atoms with Crippen LogP contribution >= 0.6 is 23.4 Å². The second kappa shape index (κ2) is 11.8. The van der Waals surface area contributed by atoms with Crippen molar-refractivity contribution >= 4 is 29.3 Å². The highest BCUT2D eigenvalue weighted by Gasteiger charge is 2.45. The topological polar surface area (TPSA) is 131 Å². The zero-order chi connectivity index (χ0) is 22.4. The number of nitrogens with one attached hydrogen (secondary N) is 2. The number of carbonyl (C=O) groups excluding carboxylic acids is 1. The smallest absolute Gasteiger partial charge is 0.240 e. The highest BCUT2D eigenvalue weighted by atomic mass is 35.5. The molecule has 0 aromatic heterocycles. The first-order chi connectivity index (χ1) is 14.2. The lowest BCUT2D eigenvalue weighted by Gasteiger charge is -2.37. The number of alkyl halides is 1. The van der Waals surface area contributed by atoms with Crippen LogP contribution in [0.3, 0.4) is 0 Å². The van der Waals surface area contributed by atoms with Crippen molar-refractivity contribution in [2.24, 2.45) is 11.8 Å². The number of rotatable bonds is 10. The van der Waals surface area contributed by atoms with Crippen LogP contribution in [0.15, 0.2) is 24.3 Å². The maximum Gasteiger partial charge on any atom is 0.240 e. The molecule has 8 nitrogen and oxygen atoms in total. The van der Waals surface area contributed by atoms with E-state index in [-0.39, 0.29) is 17.9 Å². The molecule has 0 aromatic rings. The Kier molecular flexibility index (Phi) is 10.1. The Morgan fingerprint density at radius 1 is 1.50 bits per heavy atom. The lowest BCUT2D eigenvalue weighted by molar-refractivity contribution is -0.129. The van der Waals surface area contributed by atoms with E-state index in [4.69, 9.17) is 16.3 Å². The summed E-state index contributed by atoms with van der Waals surface area (Å²) < 4.78 is 5.90. The number of aliphatic hydroxyl groups is 4. The minimum Gasteiger partial charge on any atom is -0.394 e. The van der Waals surface area contributed by atoms with E-state index in [0.29, 0.717) is 13.2 Å². The summed E-state index contributed by atoms with van der Waals surface area (Å²) in [7, 11) is 0. The third-order valence-electron chi connectivity index (χ3n) is 5.85. The Morgan fingerprint density at radius 2 is 2.20 bits per heavy atom. The average Bonchev–Trinajstić information content (AvgIpc) is 3.01. The molecule has 30 heavy (non-hydrogen) atoms. The molecule has 9 unspecified atom stereocenters. The quantitative estimate of drug-likeness (QED) is 0.190. The molecular formula is C20H33ClN2O6S. The van der Waals surface area contributed by atoms with Crippen molar-refractivity contribution in [3.05, 3.63) is 24.3 Å². The number of amides is 1. The van der Waals surface area contributed by atoms with Crippen LogP contribution in [0.1, 0.15) is 13.3 Å². The molecule has 6 N–H and O–H groups in total. The molecule has 0 aromatic carbocycles. The van der Waals surface area contributed by atoms with E-state index in [1.807, 2.05) is 6.08 Å². The van der Waals surface area contributed by atoms with Gasteiger partial charge in [0.1, 0.15) is 11.5 Å². The summed E-state index contributed by atoms with van der Waals surface area (Å²) in [6.07, 6.45) is 2.97. The fourth-order valence-electron chi connectivity index (χ4n) is 4.17. The van der Waals surface area contributed by atoms with Gasteiger partial charge in [0.15, 0.2) is 0 Å². The van der Waals surface area contributed by atoms with Gasteiger partial charge in [-0.3, -0.25) is 4.79 Å². The maximum absolute atomic E-state index is 13.1. The Labute approximate surface area is 186 Å². The first-order valence-electron chi connectivity index (χ1n) is 10.0. The molecule has 0 spiro atoms.